The quantitative estimate of drug-likeness (QED) is 0.651. The van der Waals surface area contributed by atoms with Crippen molar-refractivity contribution in [1.29, 1.82) is 0 Å². The number of allylic oxidation sites excluding steroid dienone is 4. The van der Waals surface area contributed by atoms with E-state index in [4.69, 9.17) is 21.6 Å². The summed E-state index contributed by atoms with van der Waals surface area (Å²) in [5.74, 6) is 2.47. The topological polar surface area (TPSA) is 47.5 Å². The molecule has 2 heterocycles. The fourth-order valence-corrected chi connectivity index (χ4v) is 4.22. The van der Waals surface area contributed by atoms with Crippen LogP contribution in [0, 0.1) is 0 Å². The molecule has 0 saturated carbocycles. The summed E-state index contributed by atoms with van der Waals surface area (Å²) in [7, 11) is 4.02. The van der Waals surface area contributed by atoms with Gasteiger partial charge in [0, 0.05) is 65.0 Å². The van der Waals surface area contributed by atoms with E-state index in [9.17, 15) is 0 Å². The number of alkyl halides is 1. The summed E-state index contributed by atoms with van der Waals surface area (Å²) in [6.07, 6.45) is 4.92. The van der Waals surface area contributed by atoms with Gasteiger partial charge in [0.05, 0.1) is 4.87 Å². The van der Waals surface area contributed by atoms with Crippen molar-refractivity contribution in [2.24, 2.45) is 0 Å². The van der Waals surface area contributed by atoms with Gasteiger partial charge in [-0.2, -0.15) is 9.97 Å². The molecule has 0 amide bonds. The number of nitrogens with one attached hydrogen (secondary N) is 1. The molecule has 1 atom stereocenters. The molecular formula is C25H33ClN6. The number of anilines is 3. The first kappa shape index (κ1) is 22.6. The number of aromatic nitrogens is 2. The van der Waals surface area contributed by atoms with Crippen molar-refractivity contribution >= 4 is 29.2 Å². The van der Waals surface area contributed by atoms with Crippen molar-refractivity contribution in [3.05, 3.63) is 65.4 Å². The van der Waals surface area contributed by atoms with Gasteiger partial charge in [0.1, 0.15) is 11.6 Å². The van der Waals surface area contributed by atoms with Crippen molar-refractivity contribution in [3.63, 3.8) is 0 Å². The van der Waals surface area contributed by atoms with Crippen LogP contribution in [0.1, 0.15) is 25.8 Å². The minimum absolute atomic E-state index is 0.369. The second-order valence-corrected chi connectivity index (χ2v) is 9.93. The van der Waals surface area contributed by atoms with Gasteiger partial charge in [0.25, 0.3) is 0 Å². The van der Waals surface area contributed by atoms with E-state index in [1.807, 2.05) is 25.1 Å². The third-order valence-electron chi connectivity index (χ3n) is 6.23. The van der Waals surface area contributed by atoms with Crippen LogP contribution in [-0.4, -0.2) is 60.0 Å². The molecule has 32 heavy (non-hydrogen) atoms. The summed E-state index contributed by atoms with van der Waals surface area (Å²) in [5, 5.41) is 3.49. The SMILES string of the molecule is CC1=CC=C(Nc2cc(N(C)C)nc(N3CCN(Cc4ccccc4)CC3)n2)CC1(C)Cl. The Morgan fingerprint density at radius 2 is 1.78 bits per heavy atom. The van der Waals surface area contributed by atoms with Crippen molar-refractivity contribution in [2.45, 2.75) is 31.7 Å². The zero-order chi connectivity index (χ0) is 22.7. The third-order valence-corrected chi connectivity index (χ3v) is 6.66. The lowest BCUT2D eigenvalue weighted by atomic mass is 9.91. The zero-order valence-electron chi connectivity index (χ0n) is 19.5. The van der Waals surface area contributed by atoms with Gasteiger partial charge in [-0.3, -0.25) is 4.90 Å². The fraction of sp³-hybridized carbons (Fsp3) is 0.440. The summed E-state index contributed by atoms with van der Waals surface area (Å²) in [6.45, 7) is 8.92. The van der Waals surface area contributed by atoms with Crippen LogP contribution in [0.3, 0.4) is 0 Å². The lowest BCUT2D eigenvalue weighted by Gasteiger charge is -2.35. The van der Waals surface area contributed by atoms with Crippen LogP contribution < -0.4 is 15.1 Å². The molecule has 1 N–H and O–H groups in total. The Balaban J connectivity index is 1.47. The van der Waals surface area contributed by atoms with Gasteiger partial charge in [-0.15, -0.1) is 11.6 Å². The molecule has 1 aliphatic carbocycles. The monoisotopic (exact) mass is 452 g/mol. The van der Waals surface area contributed by atoms with E-state index < -0.39 is 0 Å². The molecular weight excluding hydrogens is 420 g/mol. The second-order valence-electron chi connectivity index (χ2n) is 9.10. The number of piperazine rings is 1. The fourth-order valence-electron chi connectivity index (χ4n) is 4.01. The van der Waals surface area contributed by atoms with E-state index in [1.54, 1.807) is 0 Å². The van der Waals surface area contributed by atoms with Gasteiger partial charge in [-0.05, 0) is 25.5 Å². The Hall–Kier alpha value is -2.57. The summed E-state index contributed by atoms with van der Waals surface area (Å²) in [5.41, 5.74) is 3.60. The average molecular weight is 453 g/mol. The summed E-state index contributed by atoms with van der Waals surface area (Å²) >= 11 is 6.69. The molecule has 0 bridgehead atoms. The Labute approximate surface area is 196 Å². The second kappa shape index (κ2) is 9.51. The van der Waals surface area contributed by atoms with Crippen LogP contribution in [0.2, 0.25) is 0 Å². The highest BCUT2D eigenvalue weighted by Gasteiger charge is 2.27. The molecule has 170 valence electrons. The molecule has 2 aliphatic rings. The highest BCUT2D eigenvalue weighted by Crippen LogP contribution is 2.35. The number of benzene rings is 1. The number of halogens is 1. The number of rotatable bonds is 6. The van der Waals surface area contributed by atoms with Crippen molar-refractivity contribution < 1.29 is 0 Å². The van der Waals surface area contributed by atoms with Crippen molar-refractivity contribution in [3.8, 4) is 0 Å². The maximum atomic E-state index is 6.69. The van der Waals surface area contributed by atoms with Crippen LogP contribution in [-0.2, 0) is 6.54 Å². The van der Waals surface area contributed by atoms with E-state index in [0.29, 0.717) is 0 Å². The molecule has 1 aromatic carbocycles. The number of nitrogens with zero attached hydrogens (tertiary/aromatic N) is 5. The zero-order valence-corrected chi connectivity index (χ0v) is 20.2. The van der Waals surface area contributed by atoms with Crippen molar-refractivity contribution in [2.75, 3.05) is 55.4 Å². The molecule has 0 spiro atoms. The standard InChI is InChI=1S/C25H33ClN6/c1-19-10-11-21(17-25(19,2)26)27-22-16-23(30(3)4)29-24(28-22)32-14-12-31(13-15-32)18-20-8-6-5-7-9-20/h5-11,16H,12-15,17-18H2,1-4H3,(H,27,28,29). The van der Waals surface area contributed by atoms with E-state index in [2.05, 4.69) is 71.4 Å². The highest BCUT2D eigenvalue weighted by molar-refractivity contribution is 6.25. The smallest absolute Gasteiger partial charge is 0.229 e. The van der Waals surface area contributed by atoms with Gasteiger partial charge >= 0.3 is 0 Å². The first-order valence-electron chi connectivity index (χ1n) is 11.2. The predicted octanol–water partition coefficient (Wildman–Crippen LogP) is 4.51. The van der Waals surface area contributed by atoms with Crippen LogP contribution in [0.4, 0.5) is 17.6 Å². The van der Waals surface area contributed by atoms with Gasteiger partial charge in [-0.1, -0.05) is 42.0 Å². The molecule has 4 rings (SSSR count). The summed E-state index contributed by atoms with van der Waals surface area (Å²) in [6, 6.07) is 12.6. The highest BCUT2D eigenvalue weighted by atomic mass is 35.5. The normalized spacial score (nSPS) is 21.7. The van der Waals surface area contributed by atoms with E-state index in [1.165, 1.54) is 11.1 Å². The minimum atomic E-state index is -0.369. The minimum Gasteiger partial charge on any atom is -0.363 e. The maximum Gasteiger partial charge on any atom is 0.229 e. The summed E-state index contributed by atoms with van der Waals surface area (Å²) in [4.78, 5) is 16.1. The van der Waals surface area contributed by atoms with Crippen molar-refractivity contribution in [1.82, 2.24) is 14.9 Å². The Kier molecular flexibility index (Phi) is 6.72. The van der Waals surface area contributed by atoms with Crippen LogP contribution >= 0.6 is 11.6 Å². The molecule has 0 radical (unpaired) electrons. The third kappa shape index (κ3) is 5.43. The first-order valence-corrected chi connectivity index (χ1v) is 11.6. The molecule has 7 heteroatoms. The van der Waals surface area contributed by atoms with Gasteiger partial charge in [0.15, 0.2) is 0 Å². The predicted molar refractivity (Wildman–Crippen MR) is 135 cm³/mol. The summed E-state index contributed by atoms with van der Waals surface area (Å²) < 4.78 is 0. The Morgan fingerprint density at radius 1 is 1.06 bits per heavy atom. The van der Waals surface area contributed by atoms with E-state index >= 15 is 0 Å². The molecule has 1 aliphatic heterocycles. The lowest BCUT2D eigenvalue weighted by Crippen LogP contribution is -2.46. The molecule has 1 saturated heterocycles. The van der Waals surface area contributed by atoms with Gasteiger partial charge in [0.2, 0.25) is 5.95 Å². The van der Waals surface area contributed by atoms with E-state index in [0.717, 1.165) is 62.4 Å². The first-order chi connectivity index (χ1) is 15.3. The van der Waals surface area contributed by atoms with Crippen LogP contribution in [0.5, 0.6) is 0 Å². The molecule has 1 fully saturated rings. The van der Waals surface area contributed by atoms with Crippen LogP contribution in [0.15, 0.2) is 59.8 Å². The molecule has 1 unspecified atom stereocenters. The number of hydrogen-bond donors (Lipinski definition) is 1. The lowest BCUT2D eigenvalue weighted by molar-refractivity contribution is 0.249. The van der Waals surface area contributed by atoms with E-state index in [-0.39, 0.29) is 4.87 Å². The molecule has 6 nitrogen and oxygen atoms in total. The maximum absolute atomic E-state index is 6.69. The average Bonchev–Trinajstić information content (AvgIpc) is 2.77. The Bertz CT molecular complexity index is 991. The largest absolute Gasteiger partial charge is 0.363 e. The van der Waals surface area contributed by atoms with Gasteiger partial charge in [-0.25, -0.2) is 0 Å². The molecule has 2 aromatic rings. The van der Waals surface area contributed by atoms with Crippen LogP contribution in [0.25, 0.3) is 0 Å². The Morgan fingerprint density at radius 3 is 2.44 bits per heavy atom. The number of hydrogen-bond acceptors (Lipinski definition) is 6. The van der Waals surface area contributed by atoms with Gasteiger partial charge < -0.3 is 15.1 Å². The molecule has 1 aromatic heterocycles.